The molecule has 12 nitrogen and oxygen atoms in total. The van der Waals surface area contributed by atoms with Crippen molar-refractivity contribution < 1.29 is 24.2 Å². The molecule has 0 saturated heterocycles. The van der Waals surface area contributed by atoms with Crippen molar-refractivity contribution in [3.63, 3.8) is 0 Å². The summed E-state index contributed by atoms with van der Waals surface area (Å²) in [5.41, 5.74) is 2.42. The lowest BCUT2D eigenvalue weighted by Crippen LogP contribution is -2.27. The first-order chi connectivity index (χ1) is 20.7. The van der Waals surface area contributed by atoms with Gasteiger partial charge in [0.2, 0.25) is 0 Å². The summed E-state index contributed by atoms with van der Waals surface area (Å²) in [5, 5.41) is 11.5. The highest BCUT2D eigenvalue weighted by Crippen LogP contribution is 2.37. The van der Waals surface area contributed by atoms with Gasteiger partial charge in [0, 0.05) is 44.2 Å². The fourth-order valence-corrected chi connectivity index (χ4v) is 4.89. The van der Waals surface area contributed by atoms with Crippen molar-refractivity contribution in [1.29, 1.82) is 0 Å². The predicted molar refractivity (Wildman–Crippen MR) is 161 cm³/mol. The van der Waals surface area contributed by atoms with E-state index in [1.165, 1.54) is 18.3 Å². The molecule has 4 aromatic rings. The highest BCUT2D eigenvalue weighted by molar-refractivity contribution is 6.12. The molecule has 0 radical (unpaired) electrons. The molecular weight excluding hydrogens is 552 g/mol. The zero-order chi connectivity index (χ0) is 30.7. The highest BCUT2D eigenvalue weighted by atomic mass is 16.5. The lowest BCUT2D eigenvalue weighted by Gasteiger charge is -2.22. The summed E-state index contributed by atoms with van der Waals surface area (Å²) in [6.45, 7) is 4.18. The van der Waals surface area contributed by atoms with Gasteiger partial charge < -0.3 is 29.5 Å². The second kappa shape index (κ2) is 12.1. The van der Waals surface area contributed by atoms with Crippen molar-refractivity contribution in [2.75, 3.05) is 35.3 Å². The van der Waals surface area contributed by atoms with Crippen molar-refractivity contribution >= 4 is 40.8 Å². The molecule has 1 aliphatic heterocycles. The number of aryl methyl sites for hydroxylation is 1. The predicted octanol–water partition coefficient (Wildman–Crippen LogP) is 3.65. The Kier molecular flexibility index (Phi) is 8.19. The number of pyridine rings is 3. The Labute approximate surface area is 247 Å². The topological polar surface area (TPSA) is 147 Å². The van der Waals surface area contributed by atoms with E-state index >= 15 is 0 Å². The first-order valence-corrected chi connectivity index (χ1v) is 13.6. The number of nitrogens with zero attached hydrogens (tertiary/aromatic N) is 5. The van der Waals surface area contributed by atoms with Gasteiger partial charge in [0.25, 0.3) is 17.4 Å². The molecule has 0 saturated carbocycles. The van der Waals surface area contributed by atoms with Gasteiger partial charge in [-0.3, -0.25) is 19.2 Å². The fraction of sp³-hybridized carbons (Fsp3) is 0.226. The van der Waals surface area contributed by atoms with Crippen LogP contribution in [-0.4, -0.2) is 57.6 Å². The van der Waals surface area contributed by atoms with Crippen LogP contribution in [0.25, 0.3) is 0 Å². The molecule has 220 valence electrons. The number of amides is 2. The van der Waals surface area contributed by atoms with Gasteiger partial charge in [-0.25, -0.2) is 9.97 Å². The van der Waals surface area contributed by atoms with Gasteiger partial charge in [-0.1, -0.05) is 0 Å². The van der Waals surface area contributed by atoms with E-state index in [0.29, 0.717) is 59.3 Å². The lowest BCUT2D eigenvalue weighted by atomic mass is 10.1. The SMILES string of the molecule is CCN1c2ncc(CCOc3ccc(C(=O)Nc4cccn(CC(=O)O)c4=O)cc3C)cc2C(=O)N(C)c2cccnc21. The van der Waals surface area contributed by atoms with Crippen LogP contribution in [0, 0.1) is 6.92 Å². The number of ether oxygens (including phenoxy) is 1. The number of fused-ring (bicyclic) bond motifs is 2. The molecule has 12 heteroatoms. The number of aromatic nitrogens is 3. The molecule has 0 unspecified atom stereocenters. The van der Waals surface area contributed by atoms with Gasteiger partial charge in [0.05, 0.1) is 17.9 Å². The van der Waals surface area contributed by atoms with Gasteiger partial charge in [-0.2, -0.15) is 0 Å². The van der Waals surface area contributed by atoms with Crippen LogP contribution in [0.1, 0.15) is 38.8 Å². The summed E-state index contributed by atoms with van der Waals surface area (Å²) in [7, 11) is 1.73. The normalized spacial score (nSPS) is 12.3. The van der Waals surface area contributed by atoms with Crippen molar-refractivity contribution in [1.82, 2.24) is 14.5 Å². The molecule has 43 heavy (non-hydrogen) atoms. The molecule has 1 aliphatic rings. The number of carboxylic acid groups (broad SMARTS) is 1. The first kappa shape index (κ1) is 29.0. The summed E-state index contributed by atoms with van der Waals surface area (Å²) < 4.78 is 6.99. The number of hydrogen-bond acceptors (Lipinski definition) is 8. The Morgan fingerprint density at radius 3 is 2.60 bits per heavy atom. The maximum absolute atomic E-state index is 13.4. The molecule has 1 aromatic carbocycles. The largest absolute Gasteiger partial charge is 0.493 e. The summed E-state index contributed by atoms with van der Waals surface area (Å²) in [4.78, 5) is 62.3. The Morgan fingerprint density at radius 1 is 1.05 bits per heavy atom. The van der Waals surface area contributed by atoms with E-state index in [4.69, 9.17) is 9.84 Å². The zero-order valence-electron chi connectivity index (χ0n) is 23.9. The maximum atomic E-state index is 13.4. The highest BCUT2D eigenvalue weighted by Gasteiger charge is 2.30. The Hall–Kier alpha value is -5.52. The molecule has 0 aliphatic carbocycles. The minimum absolute atomic E-state index is 0.0204. The van der Waals surface area contributed by atoms with Gasteiger partial charge in [0.15, 0.2) is 5.82 Å². The van der Waals surface area contributed by atoms with Crippen LogP contribution in [-0.2, 0) is 17.8 Å². The number of carboxylic acids is 1. The third-order valence-corrected chi connectivity index (χ3v) is 7.07. The number of aliphatic carboxylic acids is 1. The van der Waals surface area contributed by atoms with Crippen LogP contribution in [0.5, 0.6) is 5.75 Å². The van der Waals surface area contributed by atoms with Crippen molar-refractivity contribution in [2.24, 2.45) is 0 Å². The monoisotopic (exact) mass is 582 g/mol. The van der Waals surface area contributed by atoms with E-state index in [1.54, 1.807) is 55.5 Å². The summed E-state index contributed by atoms with van der Waals surface area (Å²) in [6, 6.07) is 13.3. The number of carbonyl (C=O) groups excluding carboxylic acids is 2. The quantitative estimate of drug-likeness (QED) is 0.302. The van der Waals surface area contributed by atoms with E-state index in [9.17, 15) is 19.2 Å². The van der Waals surface area contributed by atoms with E-state index in [1.807, 2.05) is 24.0 Å². The van der Waals surface area contributed by atoms with Crippen molar-refractivity contribution in [3.8, 4) is 5.75 Å². The number of anilines is 4. The summed E-state index contributed by atoms with van der Waals surface area (Å²) in [6.07, 6.45) is 5.27. The second-order valence-electron chi connectivity index (χ2n) is 9.95. The number of rotatable bonds is 9. The van der Waals surface area contributed by atoms with Crippen LogP contribution >= 0.6 is 0 Å². The maximum Gasteiger partial charge on any atom is 0.323 e. The summed E-state index contributed by atoms with van der Waals surface area (Å²) >= 11 is 0. The lowest BCUT2D eigenvalue weighted by molar-refractivity contribution is -0.137. The zero-order valence-corrected chi connectivity index (χ0v) is 23.9. The van der Waals surface area contributed by atoms with Gasteiger partial charge in [0.1, 0.15) is 23.8 Å². The smallest absolute Gasteiger partial charge is 0.323 e. The molecule has 2 N–H and O–H groups in total. The minimum atomic E-state index is -1.16. The Bertz CT molecular complexity index is 1790. The van der Waals surface area contributed by atoms with Crippen LogP contribution in [0.15, 0.2) is 71.9 Å². The van der Waals surface area contributed by atoms with Crippen LogP contribution in [0.2, 0.25) is 0 Å². The van der Waals surface area contributed by atoms with Crippen LogP contribution < -0.4 is 25.4 Å². The minimum Gasteiger partial charge on any atom is -0.493 e. The van der Waals surface area contributed by atoms with Gasteiger partial charge >= 0.3 is 5.97 Å². The van der Waals surface area contributed by atoms with E-state index < -0.39 is 24.0 Å². The summed E-state index contributed by atoms with van der Waals surface area (Å²) in [5.74, 6) is -0.0297. The molecule has 0 fully saturated rings. The molecule has 2 amide bonds. The Morgan fingerprint density at radius 2 is 1.86 bits per heavy atom. The first-order valence-electron chi connectivity index (χ1n) is 13.6. The number of hydrogen-bond donors (Lipinski definition) is 2. The van der Waals surface area contributed by atoms with Gasteiger partial charge in [-0.15, -0.1) is 0 Å². The number of carbonyl (C=O) groups is 3. The van der Waals surface area contributed by atoms with Crippen molar-refractivity contribution in [3.05, 3.63) is 99.7 Å². The molecule has 5 rings (SSSR count). The molecular formula is C31H30N6O6. The average molecular weight is 583 g/mol. The van der Waals surface area contributed by atoms with Crippen LogP contribution in [0.4, 0.5) is 23.0 Å². The van der Waals surface area contributed by atoms with Crippen LogP contribution in [0.3, 0.4) is 0 Å². The number of benzene rings is 1. The standard InChI is InChI=1S/C31H30N6O6/c1-4-37-27-22(30(41)35(3)24-8-5-12-32-28(24)37)16-20(17-33-27)11-14-43-25-10-9-21(15-19(25)2)29(40)34-23-7-6-13-36(31(23)42)18-26(38)39/h5-10,12-13,15-17H,4,11,14,18H2,1-3H3,(H,34,40)(H,38,39). The van der Waals surface area contributed by atoms with E-state index in [2.05, 4.69) is 15.3 Å². The third-order valence-electron chi connectivity index (χ3n) is 7.07. The molecule has 0 spiro atoms. The molecule has 3 aromatic heterocycles. The number of nitrogens with one attached hydrogen (secondary N) is 1. The molecule has 4 heterocycles. The third kappa shape index (κ3) is 5.94. The van der Waals surface area contributed by atoms with Gasteiger partial charge in [-0.05, 0) is 73.5 Å². The van der Waals surface area contributed by atoms with Crippen molar-refractivity contribution in [2.45, 2.75) is 26.8 Å². The molecule has 0 atom stereocenters. The second-order valence-corrected chi connectivity index (χ2v) is 9.95. The average Bonchev–Trinajstić information content (AvgIpc) is 3.08. The fourth-order valence-electron chi connectivity index (χ4n) is 4.89. The Balaban J connectivity index is 1.25. The van der Waals surface area contributed by atoms with E-state index in [-0.39, 0.29) is 11.6 Å². The van der Waals surface area contributed by atoms with E-state index in [0.717, 1.165) is 10.1 Å². The molecule has 0 bridgehead atoms.